The molecule has 0 bridgehead atoms. The molecule has 104 valence electrons. The molecule has 2 aromatic rings. The van der Waals surface area contributed by atoms with Crippen molar-refractivity contribution in [3.8, 4) is 6.07 Å². The Kier molecular flexibility index (Phi) is 3.94. The van der Waals surface area contributed by atoms with Gasteiger partial charge in [0, 0.05) is 12.1 Å². The summed E-state index contributed by atoms with van der Waals surface area (Å²) < 4.78 is 26.6. The molecule has 0 aliphatic carbocycles. The maximum Gasteiger partial charge on any atom is 0.242 e. The van der Waals surface area contributed by atoms with Gasteiger partial charge in [0.2, 0.25) is 10.0 Å². The summed E-state index contributed by atoms with van der Waals surface area (Å²) >= 11 is 5.87. The number of hydrogen-bond acceptors (Lipinski definition) is 5. The largest absolute Gasteiger partial charge is 0.384 e. The molecule has 1 aromatic heterocycles. The van der Waals surface area contributed by atoms with Gasteiger partial charge in [0.1, 0.15) is 10.7 Å². The van der Waals surface area contributed by atoms with Crippen LogP contribution in [0.25, 0.3) is 0 Å². The van der Waals surface area contributed by atoms with Gasteiger partial charge in [-0.15, -0.1) is 0 Å². The minimum atomic E-state index is -3.80. The van der Waals surface area contributed by atoms with Crippen LogP contribution in [0.5, 0.6) is 0 Å². The molecule has 0 radical (unpaired) electrons. The van der Waals surface area contributed by atoms with Crippen LogP contribution in [0.2, 0.25) is 5.02 Å². The van der Waals surface area contributed by atoms with Gasteiger partial charge >= 0.3 is 0 Å². The number of nitrogens with zero attached hydrogens (tertiary/aromatic N) is 2. The zero-order valence-corrected chi connectivity index (χ0v) is 11.7. The van der Waals surface area contributed by atoms with Crippen LogP contribution in [-0.2, 0) is 16.6 Å². The Bertz CT molecular complexity index is 778. The lowest BCUT2D eigenvalue weighted by molar-refractivity contribution is 0.581. The second-order valence-corrected chi connectivity index (χ2v) is 6.03. The Morgan fingerprint density at radius 2 is 2.25 bits per heavy atom. The first-order valence-corrected chi connectivity index (χ1v) is 7.27. The van der Waals surface area contributed by atoms with Crippen LogP contribution in [-0.4, -0.2) is 18.6 Å². The van der Waals surface area contributed by atoms with Crippen molar-refractivity contribution in [3.05, 3.63) is 40.5 Å². The monoisotopic (exact) mass is 311 g/mol. The molecule has 9 heteroatoms. The smallest absolute Gasteiger partial charge is 0.242 e. The van der Waals surface area contributed by atoms with Crippen LogP contribution >= 0.6 is 11.6 Å². The summed E-state index contributed by atoms with van der Waals surface area (Å²) in [5.41, 5.74) is 6.37. The molecule has 0 atom stereocenters. The van der Waals surface area contributed by atoms with E-state index in [2.05, 4.69) is 14.9 Å². The van der Waals surface area contributed by atoms with Gasteiger partial charge in [0.15, 0.2) is 0 Å². The SMILES string of the molecule is N#Cc1ccc(S(=O)(=O)NCc2cn[nH]c2N)c(Cl)c1. The first kappa shape index (κ1) is 14.3. The van der Waals surface area contributed by atoms with Crippen LogP contribution in [0, 0.1) is 11.3 Å². The molecule has 0 fully saturated rings. The van der Waals surface area contributed by atoms with Gasteiger partial charge in [-0.05, 0) is 18.2 Å². The van der Waals surface area contributed by atoms with E-state index < -0.39 is 10.0 Å². The van der Waals surface area contributed by atoms with Gasteiger partial charge in [-0.3, -0.25) is 5.10 Å². The zero-order chi connectivity index (χ0) is 14.8. The summed E-state index contributed by atoms with van der Waals surface area (Å²) in [4.78, 5) is -0.0970. The van der Waals surface area contributed by atoms with Gasteiger partial charge < -0.3 is 5.73 Å². The molecule has 0 aliphatic heterocycles. The number of benzene rings is 1. The van der Waals surface area contributed by atoms with Crippen molar-refractivity contribution in [2.75, 3.05) is 5.73 Å². The van der Waals surface area contributed by atoms with Gasteiger partial charge in [-0.2, -0.15) is 10.4 Å². The fourth-order valence-electron chi connectivity index (χ4n) is 1.50. The molecule has 20 heavy (non-hydrogen) atoms. The molecule has 0 saturated heterocycles. The van der Waals surface area contributed by atoms with Crippen molar-refractivity contribution in [1.29, 1.82) is 5.26 Å². The fraction of sp³-hybridized carbons (Fsp3) is 0.0909. The number of halogens is 1. The van der Waals surface area contributed by atoms with Crippen LogP contribution < -0.4 is 10.5 Å². The van der Waals surface area contributed by atoms with Crippen LogP contribution in [0.4, 0.5) is 5.82 Å². The standard InChI is InChI=1S/C11H10ClN5O2S/c12-9-3-7(4-13)1-2-10(9)20(18,19)16-6-8-5-15-17-11(8)14/h1-3,5,16H,6H2,(H3,14,15,17). The molecule has 0 unspecified atom stereocenters. The Balaban J connectivity index is 2.23. The van der Waals surface area contributed by atoms with Gasteiger partial charge in [-0.1, -0.05) is 11.6 Å². The van der Waals surface area contributed by atoms with E-state index in [0.29, 0.717) is 11.4 Å². The van der Waals surface area contributed by atoms with Crippen molar-refractivity contribution in [3.63, 3.8) is 0 Å². The predicted octanol–water partition coefficient (Wildman–Crippen LogP) is 0.995. The Morgan fingerprint density at radius 1 is 1.50 bits per heavy atom. The van der Waals surface area contributed by atoms with Crippen molar-refractivity contribution in [2.24, 2.45) is 0 Å². The van der Waals surface area contributed by atoms with E-state index in [-0.39, 0.29) is 22.0 Å². The molecule has 0 aliphatic rings. The van der Waals surface area contributed by atoms with Gasteiger partial charge in [-0.25, -0.2) is 13.1 Å². The first-order chi connectivity index (χ1) is 9.44. The maximum absolute atomic E-state index is 12.1. The Labute approximate surface area is 120 Å². The molecule has 0 spiro atoms. The number of nitrogens with two attached hydrogens (primary N) is 1. The number of aromatic nitrogens is 2. The summed E-state index contributed by atoms with van der Waals surface area (Å²) in [7, 11) is -3.80. The third-order valence-corrected chi connectivity index (χ3v) is 4.44. The van der Waals surface area contributed by atoms with E-state index in [1.807, 2.05) is 6.07 Å². The molecule has 1 heterocycles. The van der Waals surface area contributed by atoms with Crippen molar-refractivity contribution in [2.45, 2.75) is 11.4 Å². The van der Waals surface area contributed by atoms with E-state index >= 15 is 0 Å². The first-order valence-electron chi connectivity index (χ1n) is 5.41. The Hall–Kier alpha value is -2.08. The predicted molar refractivity (Wildman–Crippen MR) is 73.2 cm³/mol. The van der Waals surface area contributed by atoms with Gasteiger partial charge in [0.05, 0.1) is 22.9 Å². The number of nitrogen functional groups attached to an aromatic ring is 1. The van der Waals surface area contributed by atoms with E-state index in [1.54, 1.807) is 0 Å². The highest BCUT2D eigenvalue weighted by atomic mass is 35.5. The lowest BCUT2D eigenvalue weighted by Gasteiger charge is -2.08. The molecular weight excluding hydrogens is 302 g/mol. The number of nitrogens with one attached hydrogen (secondary N) is 2. The topological polar surface area (TPSA) is 125 Å². The molecule has 1 aromatic carbocycles. The average Bonchev–Trinajstić information content (AvgIpc) is 2.81. The quantitative estimate of drug-likeness (QED) is 0.776. The fourth-order valence-corrected chi connectivity index (χ4v) is 3.05. The number of H-pyrrole nitrogens is 1. The molecule has 0 saturated carbocycles. The average molecular weight is 312 g/mol. The summed E-state index contributed by atoms with van der Waals surface area (Å²) in [5.74, 6) is 0.290. The van der Waals surface area contributed by atoms with E-state index in [1.165, 1.54) is 24.4 Å². The van der Waals surface area contributed by atoms with Crippen LogP contribution in [0.15, 0.2) is 29.3 Å². The molecule has 2 rings (SSSR count). The van der Waals surface area contributed by atoms with Crippen LogP contribution in [0.1, 0.15) is 11.1 Å². The minimum absolute atomic E-state index is 0.0129. The van der Waals surface area contributed by atoms with Crippen molar-refractivity contribution >= 4 is 27.4 Å². The van der Waals surface area contributed by atoms with E-state index in [9.17, 15) is 8.42 Å². The lowest BCUT2D eigenvalue weighted by Crippen LogP contribution is -2.23. The normalized spacial score (nSPS) is 11.2. The van der Waals surface area contributed by atoms with E-state index in [0.717, 1.165) is 0 Å². The van der Waals surface area contributed by atoms with Crippen molar-refractivity contribution in [1.82, 2.24) is 14.9 Å². The van der Waals surface area contributed by atoms with Crippen LogP contribution in [0.3, 0.4) is 0 Å². The zero-order valence-electron chi connectivity index (χ0n) is 10.1. The summed E-state index contributed by atoms with van der Waals surface area (Å²) in [6, 6.07) is 5.83. The number of rotatable bonds is 4. The number of sulfonamides is 1. The number of anilines is 1. The van der Waals surface area contributed by atoms with Gasteiger partial charge in [0.25, 0.3) is 0 Å². The Morgan fingerprint density at radius 3 is 2.80 bits per heavy atom. The summed E-state index contributed by atoms with van der Waals surface area (Å²) in [6.07, 6.45) is 1.43. The third kappa shape index (κ3) is 2.91. The molecule has 7 nitrogen and oxygen atoms in total. The highest BCUT2D eigenvalue weighted by molar-refractivity contribution is 7.89. The second kappa shape index (κ2) is 5.50. The number of nitriles is 1. The maximum atomic E-state index is 12.1. The summed E-state index contributed by atoms with van der Waals surface area (Å²) in [6.45, 7) is -0.0129. The third-order valence-electron chi connectivity index (χ3n) is 2.55. The molecular formula is C11H10ClN5O2S. The number of aromatic amines is 1. The number of hydrogen-bond donors (Lipinski definition) is 3. The second-order valence-electron chi connectivity index (χ2n) is 3.89. The molecule has 4 N–H and O–H groups in total. The van der Waals surface area contributed by atoms with E-state index in [4.69, 9.17) is 22.6 Å². The molecule has 0 amide bonds. The highest BCUT2D eigenvalue weighted by Crippen LogP contribution is 2.22. The van der Waals surface area contributed by atoms with Crippen molar-refractivity contribution < 1.29 is 8.42 Å². The highest BCUT2D eigenvalue weighted by Gasteiger charge is 2.18. The summed E-state index contributed by atoms with van der Waals surface area (Å²) in [5, 5.41) is 14.9. The lowest BCUT2D eigenvalue weighted by atomic mass is 10.2. The minimum Gasteiger partial charge on any atom is -0.384 e.